The number of benzene rings is 1. The van der Waals surface area contributed by atoms with Gasteiger partial charge in [0.1, 0.15) is 5.75 Å². The van der Waals surface area contributed by atoms with E-state index in [9.17, 15) is 0 Å². The van der Waals surface area contributed by atoms with Gasteiger partial charge in [-0.15, -0.1) is 0 Å². The van der Waals surface area contributed by atoms with Crippen LogP contribution in [0.5, 0.6) is 5.75 Å². The molecule has 0 aliphatic heterocycles. The summed E-state index contributed by atoms with van der Waals surface area (Å²) < 4.78 is 7.19. The molecule has 0 fully saturated rings. The van der Waals surface area contributed by atoms with Gasteiger partial charge in [-0.3, -0.25) is 4.68 Å². The number of nitrogens with zero attached hydrogens (tertiary/aromatic N) is 2. The fourth-order valence-electron chi connectivity index (χ4n) is 2.48. The number of hydrogen-bond acceptors (Lipinski definition) is 3. The predicted molar refractivity (Wildman–Crippen MR) is 85.6 cm³/mol. The maximum Gasteiger partial charge on any atom is 0.119 e. The molecule has 1 N–H and O–H groups in total. The van der Waals surface area contributed by atoms with E-state index in [1.54, 1.807) is 7.11 Å². The van der Waals surface area contributed by atoms with E-state index in [4.69, 9.17) is 4.74 Å². The number of nitrogens with one attached hydrogen (secondary N) is 1. The van der Waals surface area contributed by atoms with Crippen molar-refractivity contribution in [3.8, 4) is 5.75 Å². The zero-order chi connectivity index (χ0) is 15.1. The van der Waals surface area contributed by atoms with Crippen LogP contribution in [0, 0.1) is 0 Å². The largest absolute Gasteiger partial charge is 0.497 e. The second-order valence-corrected chi connectivity index (χ2v) is 5.34. The molecule has 4 nitrogen and oxygen atoms in total. The van der Waals surface area contributed by atoms with Gasteiger partial charge in [0.05, 0.1) is 13.3 Å². The van der Waals surface area contributed by atoms with Crippen molar-refractivity contribution >= 4 is 0 Å². The summed E-state index contributed by atoms with van der Waals surface area (Å²) >= 11 is 0. The molecule has 1 atom stereocenters. The Bertz CT molecular complexity index is 550. The highest BCUT2D eigenvalue weighted by Gasteiger charge is 2.12. The van der Waals surface area contributed by atoms with Gasteiger partial charge in [-0.25, -0.2) is 0 Å². The van der Waals surface area contributed by atoms with Gasteiger partial charge in [0.2, 0.25) is 0 Å². The average Bonchev–Trinajstić information content (AvgIpc) is 2.93. The number of methoxy groups -OCH3 is 1. The summed E-state index contributed by atoms with van der Waals surface area (Å²) in [4.78, 5) is 0. The van der Waals surface area contributed by atoms with Crippen molar-refractivity contribution in [1.29, 1.82) is 0 Å². The number of aryl methyl sites for hydroxylation is 2. The molecule has 21 heavy (non-hydrogen) atoms. The first-order chi connectivity index (χ1) is 10.2. The summed E-state index contributed by atoms with van der Waals surface area (Å²) in [6.07, 6.45) is 7.24. The standard InChI is InChI=1S/C17H25N3O/c1-4-10-18-17(9-8-14-12-19-20(2)13-14)15-6-5-7-16(11-15)21-3/h5-7,11-13,17-18H,4,8-10H2,1-3H3. The van der Waals surface area contributed by atoms with Crippen LogP contribution < -0.4 is 10.1 Å². The van der Waals surface area contributed by atoms with Gasteiger partial charge in [-0.05, 0) is 49.1 Å². The minimum Gasteiger partial charge on any atom is -0.497 e. The van der Waals surface area contributed by atoms with Crippen LogP contribution >= 0.6 is 0 Å². The van der Waals surface area contributed by atoms with Crippen LogP contribution in [0.25, 0.3) is 0 Å². The van der Waals surface area contributed by atoms with Crippen molar-refractivity contribution < 1.29 is 4.74 Å². The van der Waals surface area contributed by atoms with E-state index < -0.39 is 0 Å². The lowest BCUT2D eigenvalue weighted by Crippen LogP contribution is -2.22. The SMILES string of the molecule is CCCNC(CCc1cnn(C)c1)c1cccc(OC)c1. The van der Waals surface area contributed by atoms with Crippen LogP contribution in [0.2, 0.25) is 0 Å². The van der Waals surface area contributed by atoms with Crippen molar-refractivity contribution in [1.82, 2.24) is 15.1 Å². The number of ether oxygens (including phenoxy) is 1. The van der Waals surface area contributed by atoms with E-state index in [0.29, 0.717) is 6.04 Å². The molecule has 1 heterocycles. The van der Waals surface area contributed by atoms with Crippen molar-refractivity contribution in [2.24, 2.45) is 7.05 Å². The third-order valence-electron chi connectivity index (χ3n) is 3.62. The Morgan fingerprint density at radius 1 is 1.38 bits per heavy atom. The van der Waals surface area contributed by atoms with Gasteiger partial charge in [0.15, 0.2) is 0 Å². The van der Waals surface area contributed by atoms with E-state index in [1.165, 1.54) is 11.1 Å². The summed E-state index contributed by atoms with van der Waals surface area (Å²) in [6, 6.07) is 8.68. The topological polar surface area (TPSA) is 39.1 Å². The highest BCUT2D eigenvalue weighted by molar-refractivity contribution is 5.30. The van der Waals surface area contributed by atoms with E-state index in [0.717, 1.165) is 31.6 Å². The number of aromatic nitrogens is 2. The van der Waals surface area contributed by atoms with Crippen molar-refractivity contribution in [3.05, 3.63) is 47.8 Å². The molecule has 0 bridgehead atoms. The second-order valence-electron chi connectivity index (χ2n) is 5.34. The van der Waals surface area contributed by atoms with E-state index in [2.05, 4.69) is 41.7 Å². The highest BCUT2D eigenvalue weighted by Crippen LogP contribution is 2.23. The van der Waals surface area contributed by atoms with Crippen LogP contribution in [-0.4, -0.2) is 23.4 Å². The Hall–Kier alpha value is -1.81. The zero-order valence-corrected chi connectivity index (χ0v) is 13.2. The first-order valence-corrected chi connectivity index (χ1v) is 7.57. The third-order valence-corrected chi connectivity index (χ3v) is 3.62. The minimum atomic E-state index is 0.347. The fourth-order valence-corrected chi connectivity index (χ4v) is 2.48. The molecule has 0 saturated heterocycles. The monoisotopic (exact) mass is 287 g/mol. The lowest BCUT2D eigenvalue weighted by molar-refractivity contribution is 0.412. The molecule has 114 valence electrons. The Morgan fingerprint density at radius 3 is 2.90 bits per heavy atom. The summed E-state index contributed by atoms with van der Waals surface area (Å²) in [7, 11) is 3.67. The van der Waals surface area contributed by atoms with Crippen molar-refractivity contribution in [2.75, 3.05) is 13.7 Å². The summed E-state index contributed by atoms with van der Waals surface area (Å²) in [5.74, 6) is 0.914. The average molecular weight is 287 g/mol. The molecule has 2 rings (SSSR count). The molecule has 0 aliphatic rings. The first kappa shape index (κ1) is 15.6. The molecule has 1 unspecified atom stereocenters. The molecule has 4 heteroatoms. The molecule has 2 aromatic rings. The van der Waals surface area contributed by atoms with Crippen molar-refractivity contribution in [3.63, 3.8) is 0 Å². The molecule has 0 radical (unpaired) electrons. The maximum atomic E-state index is 5.33. The van der Waals surface area contributed by atoms with Gasteiger partial charge in [-0.2, -0.15) is 5.10 Å². The Balaban J connectivity index is 2.05. The predicted octanol–water partition coefficient (Wildman–Crippen LogP) is 3.10. The van der Waals surface area contributed by atoms with Crippen LogP contribution in [-0.2, 0) is 13.5 Å². The van der Waals surface area contributed by atoms with Crippen LogP contribution in [0.15, 0.2) is 36.7 Å². The molecular formula is C17H25N3O. The van der Waals surface area contributed by atoms with E-state index >= 15 is 0 Å². The number of hydrogen-bond donors (Lipinski definition) is 1. The maximum absolute atomic E-state index is 5.33. The first-order valence-electron chi connectivity index (χ1n) is 7.57. The lowest BCUT2D eigenvalue weighted by Gasteiger charge is -2.19. The molecular weight excluding hydrogens is 262 g/mol. The van der Waals surface area contributed by atoms with E-state index in [-0.39, 0.29) is 0 Å². The lowest BCUT2D eigenvalue weighted by atomic mass is 9.99. The summed E-state index contributed by atoms with van der Waals surface area (Å²) in [6.45, 7) is 3.21. The second kappa shape index (κ2) is 7.84. The van der Waals surface area contributed by atoms with Crippen LogP contribution in [0.1, 0.15) is 36.9 Å². The van der Waals surface area contributed by atoms with Gasteiger partial charge < -0.3 is 10.1 Å². The smallest absolute Gasteiger partial charge is 0.119 e. The molecule has 1 aromatic heterocycles. The Kier molecular flexibility index (Phi) is 5.81. The molecule has 0 saturated carbocycles. The molecule has 0 amide bonds. The highest BCUT2D eigenvalue weighted by atomic mass is 16.5. The third kappa shape index (κ3) is 4.60. The van der Waals surface area contributed by atoms with E-state index in [1.807, 2.05) is 24.0 Å². The summed E-state index contributed by atoms with van der Waals surface area (Å²) in [5.41, 5.74) is 2.57. The normalized spacial score (nSPS) is 12.3. The van der Waals surface area contributed by atoms with Gasteiger partial charge in [0.25, 0.3) is 0 Å². The molecule has 1 aromatic carbocycles. The Labute approximate surface area is 127 Å². The van der Waals surface area contributed by atoms with Gasteiger partial charge >= 0.3 is 0 Å². The minimum absolute atomic E-state index is 0.347. The quantitative estimate of drug-likeness (QED) is 0.811. The zero-order valence-electron chi connectivity index (χ0n) is 13.2. The fraction of sp³-hybridized carbons (Fsp3) is 0.471. The number of rotatable bonds is 8. The van der Waals surface area contributed by atoms with Crippen LogP contribution in [0.3, 0.4) is 0 Å². The Morgan fingerprint density at radius 2 is 2.24 bits per heavy atom. The van der Waals surface area contributed by atoms with Gasteiger partial charge in [-0.1, -0.05) is 19.1 Å². The summed E-state index contributed by atoms with van der Waals surface area (Å²) in [5, 5.41) is 7.86. The molecule has 0 spiro atoms. The van der Waals surface area contributed by atoms with Crippen LogP contribution in [0.4, 0.5) is 0 Å². The van der Waals surface area contributed by atoms with Crippen molar-refractivity contribution in [2.45, 2.75) is 32.2 Å². The molecule has 0 aliphatic carbocycles. The van der Waals surface area contributed by atoms with Gasteiger partial charge in [0, 0.05) is 19.3 Å².